The normalized spacial score (nSPS) is 11.0. The Morgan fingerprint density at radius 2 is 0.450 bits per heavy atom. The van der Waals surface area contributed by atoms with Gasteiger partial charge < -0.3 is 0 Å². The minimum Gasteiger partial charge on any atom is -0.228 e. The lowest BCUT2D eigenvalue weighted by atomic mass is 9.88. The van der Waals surface area contributed by atoms with Gasteiger partial charge in [-0.05, 0) is 57.6 Å². The van der Waals surface area contributed by atoms with E-state index in [2.05, 4.69) is 158 Å². The van der Waals surface area contributed by atoms with E-state index in [4.69, 9.17) is 19.9 Å². The Bertz CT molecular complexity index is 2750. The number of nitrogens with zero attached hydrogens (tertiary/aromatic N) is 4. The fourth-order valence-corrected chi connectivity index (χ4v) is 7.77. The van der Waals surface area contributed by atoms with Crippen molar-refractivity contribution in [3.8, 4) is 101 Å². The maximum atomic E-state index is 5.13. The molecule has 8 aromatic carbocycles. The summed E-state index contributed by atoms with van der Waals surface area (Å²) in [5.74, 6) is 1.40. The molecule has 0 aliphatic carbocycles. The van der Waals surface area contributed by atoms with Crippen LogP contribution in [-0.4, -0.2) is 19.9 Å². The molecule has 0 saturated heterocycles. The van der Waals surface area contributed by atoms with Gasteiger partial charge in [0.15, 0.2) is 11.6 Å². The highest BCUT2D eigenvalue weighted by atomic mass is 14.9. The van der Waals surface area contributed by atoms with Crippen molar-refractivity contribution in [3.05, 3.63) is 231 Å². The van der Waals surface area contributed by atoms with E-state index in [0.717, 1.165) is 89.5 Å². The van der Waals surface area contributed by atoms with E-state index in [1.54, 1.807) is 0 Å². The van der Waals surface area contributed by atoms with Gasteiger partial charge in [0.2, 0.25) is 0 Å². The van der Waals surface area contributed by atoms with Crippen molar-refractivity contribution in [2.75, 3.05) is 0 Å². The van der Waals surface area contributed by atoms with Crippen LogP contribution in [0, 0.1) is 0 Å². The van der Waals surface area contributed by atoms with Gasteiger partial charge >= 0.3 is 0 Å². The lowest BCUT2D eigenvalue weighted by molar-refractivity contribution is 1.18. The average Bonchev–Trinajstić information content (AvgIpc) is 3.35. The molecule has 0 bridgehead atoms. The van der Waals surface area contributed by atoms with Crippen LogP contribution in [0.4, 0.5) is 0 Å². The predicted octanol–water partition coefficient (Wildman–Crippen LogP) is 14.3. The van der Waals surface area contributed by atoms with Gasteiger partial charge in [-0.1, -0.05) is 206 Å². The molecule has 4 heteroatoms. The molecule has 0 aliphatic heterocycles. The van der Waals surface area contributed by atoms with Crippen LogP contribution in [0.25, 0.3) is 101 Å². The Balaban J connectivity index is 1.05. The quantitative estimate of drug-likeness (QED) is 0.147. The zero-order valence-electron chi connectivity index (χ0n) is 32.7. The third-order valence-electron chi connectivity index (χ3n) is 10.7. The first-order chi connectivity index (χ1) is 29.7. The molecule has 10 rings (SSSR count). The smallest absolute Gasteiger partial charge is 0.160 e. The zero-order valence-corrected chi connectivity index (χ0v) is 32.7. The van der Waals surface area contributed by atoms with Gasteiger partial charge in [0.1, 0.15) is 0 Å². The first-order valence-electron chi connectivity index (χ1n) is 20.1. The second kappa shape index (κ2) is 16.4. The second-order valence-electron chi connectivity index (χ2n) is 14.6. The topological polar surface area (TPSA) is 51.6 Å². The summed E-state index contributed by atoms with van der Waals surface area (Å²) in [4.78, 5) is 20.3. The summed E-state index contributed by atoms with van der Waals surface area (Å²) >= 11 is 0. The molecule has 10 aromatic rings. The monoisotopic (exact) mass is 766 g/mol. The van der Waals surface area contributed by atoms with E-state index in [1.807, 2.05) is 72.8 Å². The first-order valence-corrected chi connectivity index (χ1v) is 20.1. The number of hydrogen-bond donors (Lipinski definition) is 0. The Morgan fingerprint density at radius 1 is 0.183 bits per heavy atom. The SMILES string of the molecule is c1ccc(-c2cc(-c3cccc(-c4ccccc4-c4ccccc4-c4cccc(-c5cc(-c6ccccc6)nc(-c6ccccc6)n5)c4)c3)nc(-c3ccccc3)n2)cc1. The Hall–Kier alpha value is -8.08. The standard InChI is InChI=1S/C56H38N4/c1-5-19-39(20-6-1)51-37-53(59-55(57-51)41-23-9-3-10-24-41)45-29-17-27-43(35-45)47-31-13-15-33-49(47)50-34-16-14-32-48(50)44-28-18-30-46(36-44)54-38-52(40-21-7-2-8-22-40)58-56(60-54)42-25-11-4-12-26-42/h1-38H. The fraction of sp³-hybridized carbons (Fsp3) is 0. The lowest BCUT2D eigenvalue weighted by Crippen LogP contribution is -1.96. The first kappa shape index (κ1) is 36.3. The van der Waals surface area contributed by atoms with Crippen LogP contribution in [-0.2, 0) is 0 Å². The van der Waals surface area contributed by atoms with Crippen LogP contribution >= 0.6 is 0 Å². The van der Waals surface area contributed by atoms with Gasteiger partial charge in [-0.3, -0.25) is 0 Å². The molecule has 0 radical (unpaired) electrons. The summed E-state index contributed by atoms with van der Waals surface area (Å²) in [5.41, 5.74) is 16.4. The highest BCUT2D eigenvalue weighted by Gasteiger charge is 2.17. The van der Waals surface area contributed by atoms with Crippen molar-refractivity contribution < 1.29 is 0 Å². The molecule has 0 N–H and O–H groups in total. The van der Waals surface area contributed by atoms with E-state index < -0.39 is 0 Å². The minimum atomic E-state index is 0.698. The highest BCUT2D eigenvalue weighted by molar-refractivity contribution is 5.93. The van der Waals surface area contributed by atoms with Gasteiger partial charge in [0, 0.05) is 33.4 Å². The summed E-state index contributed by atoms with van der Waals surface area (Å²) in [6.45, 7) is 0. The van der Waals surface area contributed by atoms with Crippen LogP contribution < -0.4 is 0 Å². The van der Waals surface area contributed by atoms with E-state index >= 15 is 0 Å². The van der Waals surface area contributed by atoms with Gasteiger partial charge in [-0.2, -0.15) is 0 Å². The summed E-state index contributed by atoms with van der Waals surface area (Å²) in [6.07, 6.45) is 0. The average molecular weight is 767 g/mol. The molecule has 4 nitrogen and oxygen atoms in total. The largest absolute Gasteiger partial charge is 0.228 e. The van der Waals surface area contributed by atoms with E-state index in [0.29, 0.717) is 11.6 Å². The van der Waals surface area contributed by atoms with Crippen LogP contribution in [0.2, 0.25) is 0 Å². The summed E-state index contributed by atoms with van der Waals surface area (Å²) in [6, 6.07) is 79.9. The molecule has 0 atom stereocenters. The highest BCUT2D eigenvalue weighted by Crippen LogP contribution is 2.40. The maximum absolute atomic E-state index is 5.13. The molecule has 0 saturated carbocycles. The van der Waals surface area contributed by atoms with E-state index in [-0.39, 0.29) is 0 Å². The molecule has 2 heterocycles. The van der Waals surface area contributed by atoms with Crippen molar-refractivity contribution in [2.45, 2.75) is 0 Å². The van der Waals surface area contributed by atoms with Gasteiger partial charge in [0.05, 0.1) is 22.8 Å². The maximum Gasteiger partial charge on any atom is 0.160 e. The Kier molecular flexibility index (Phi) is 9.92. The third-order valence-corrected chi connectivity index (χ3v) is 10.7. The van der Waals surface area contributed by atoms with Crippen molar-refractivity contribution in [1.29, 1.82) is 0 Å². The summed E-state index contributed by atoms with van der Waals surface area (Å²) in [7, 11) is 0. The van der Waals surface area contributed by atoms with E-state index in [9.17, 15) is 0 Å². The number of hydrogen-bond acceptors (Lipinski definition) is 4. The van der Waals surface area contributed by atoms with Gasteiger partial charge in [0.25, 0.3) is 0 Å². The summed E-state index contributed by atoms with van der Waals surface area (Å²) < 4.78 is 0. The summed E-state index contributed by atoms with van der Waals surface area (Å²) in [5, 5.41) is 0. The Labute approximate surface area is 350 Å². The third kappa shape index (κ3) is 7.53. The molecular formula is C56H38N4. The van der Waals surface area contributed by atoms with E-state index in [1.165, 1.54) is 0 Å². The molecule has 60 heavy (non-hydrogen) atoms. The van der Waals surface area contributed by atoms with Crippen molar-refractivity contribution in [1.82, 2.24) is 19.9 Å². The molecule has 282 valence electrons. The van der Waals surface area contributed by atoms with Gasteiger partial charge in [-0.25, -0.2) is 19.9 Å². The zero-order chi connectivity index (χ0) is 40.1. The number of aromatic nitrogens is 4. The number of benzene rings is 8. The lowest BCUT2D eigenvalue weighted by Gasteiger charge is -2.16. The van der Waals surface area contributed by atoms with Crippen LogP contribution in [0.5, 0.6) is 0 Å². The molecule has 0 amide bonds. The van der Waals surface area contributed by atoms with Crippen molar-refractivity contribution >= 4 is 0 Å². The van der Waals surface area contributed by atoms with Crippen molar-refractivity contribution in [2.24, 2.45) is 0 Å². The fourth-order valence-electron chi connectivity index (χ4n) is 7.77. The van der Waals surface area contributed by atoms with Crippen LogP contribution in [0.3, 0.4) is 0 Å². The molecule has 0 spiro atoms. The molecule has 0 fully saturated rings. The Morgan fingerprint density at radius 3 is 0.817 bits per heavy atom. The van der Waals surface area contributed by atoms with Crippen LogP contribution in [0.1, 0.15) is 0 Å². The molecule has 0 unspecified atom stereocenters. The molecular weight excluding hydrogens is 729 g/mol. The van der Waals surface area contributed by atoms with Gasteiger partial charge in [-0.15, -0.1) is 0 Å². The molecule has 2 aromatic heterocycles. The number of rotatable bonds is 9. The minimum absolute atomic E-state index is 0.698. The van der Waals surface area contributed by atoms with Crippen molar-refractivity contribution in [3.63, 3.8) is 0 Å². The molecule has 0 aliphatic rings. The van der Waals surface area contributed by atoms with Crippen LogP contribution in [0.15, 0.2) is 231 Å². The predicted molar refractivity (Wildman–Crippen MR) is 247 cm³/mol. The second-order valence-corrected chi connectivity index (χ2v) is 14.6.